The SMILES string of the molecule is CCCNC(=O)NC(C)C1CCC1. The van der Waals surface area contributed by atoms with E-state index in [1.807, 2.05) is 0 Å². The number of nitrogens with one attached hydrogen (secondary N) is 2. The molecule has 1 saturated carbocycles. The zero-order valence-electron chi connectivity index (χ0n) is 8.60. The number of amides is 2. The van der Waals surface area contributed by atoms with E-state index in [9.17, 15) is 4.79 Å². The van der Waals surface area contributed by atoms with E-state index >= 15 is 0 Å². The van der Waals surface area contributed by atoms with Crippen LogP contribution in [-0.4, -0.2) is 18.6 Å². The Morgan fingerprint density at radius 3 is 2.69 bits per heavy atom. The molecule has 3 nitrogen and oxygen atoms in total. The maximum absolute atomic E-state index is 11.2. The van der Waals surface area contributed by atoms with Crippen LogP contribution < -0.4 is 10.6 Å². The lowest BCUT2D eigenvalue weighted by atomic mass is 9.80. The maximum atomic E-state index is 11.2. The molecule has 76 valence electrons. The van der Waals surface area contributed by atoms with Gasteiger partial charge in [0.1, 0.15) is 0 Å². The van der Waals surface area contributed by atoms with Gasteiger partial charge in [0, 0.05) is 12.6 Å². The van der Waals surface area contributed by atoms with E-state index in [0.717, 1.165) is 13.0 Å². The predicted octanol–water partition coefficient (Wildman–Crippen LogP) is 1.88. The second-order valence-corrected chi connectivity index (χ2v) is 3.88. The fourth-order valence-electron chi connectivity index (χ4n) is 1.55. The molecule has 0 aromatic rings. The first-order chi connectivity index (χ1) is 6.24. The van der Waals surface area contributed by atoms with E-state index in [-0.39, 0.29) is 6.03 Å². The Morgan fingerprint density at radius 1 is 1.54 bits per heavy atom. The van der Waals surface area contributed by atoms with Gasteiger partial charge in [-0.1, -0.05) is 13.3 Å². The summed E-state index contributed by atoms with van der Waals surface area (Å²) in [6.07, 6.45) is 4.86. The van der Waals surface area contributed by atoms with Gasteiger partial charge in [-0.15, -0.1) is 0 Å². The first-order valence-corrected chi connectivity index (χ1v) is 5.28. The van der Waals surface area contributed by atoms with Crippen LogP contribution in [0.4, 0.5) is 4.79 Å². The summed E-state index contributed by atoms with van der Waals surface area (Å²) < 4.78 is 0. The lowest BCUT2D eigenvalue weighted by Gasteiger charge is -2.31. The molecule has 13 heavy (non-hydrogen) atoms. The van der Waals surface area contributed by atoms with Gasteiger partial charge < -0.3 is 10.6 Å². The van der Waals surface area contributed by atoms with Gasteiger partial charge in [0.25, 0.3) is 0 Å². The van der Waals surface area contributed by atoms with Gasteiger partial charge in [0.05, 0.1) is 0 Å². The number of hydrogen-bond acceptors (Lipinski definition) is 1. The molecule has 0 heterocycles. The fraction of sp³-hybridized carbons (Fsp3) is 0.900. The van der Waals surface area contributed by atoms with Crippen molar-refractivity contribution in [1.82, 2.24) is 10.6 Å². The van der Waals surface area contributed by atoms with Crippen LogP contribution in [0.2, 0.25) is 0 Å². The van der Waals surface area contributed by atoms with Crippen molar-refractivity contribution in [3.8, 4) is 0 Å². The second-order valence-electron chi connectivity index (χ2n) is 3.88. The summed E-state index contributed by atoms with van der Waals surface area (Å²) in [6.45, 7) is 4.91. The molecule has 3 heteroatoms. The highest BCUT2D eigenvalue weighted by Crippen LogP contribution is 2.29. The number of urea groups is 1. The fourth-order valence-corrected chi connectivity index (χ4v) is 1.55. The molecule has 2 amide bonds. The Kier molecular flexibility index (Phi) is 4.06. The van der Waals surface area contributed by atoms with Crippen LogP contribution in [-0.2, 0) is 0 Å². The molecule has 0 bridgehead atoms. The molecule has 1 aliphatic carbocycles. The quantitative estimate of drug-likeness (QED) is 0.688. The molecule has 1 atom stereocenters. The van der Waals surface area contributed by atoms with Gasteiger partial charge in [-0.2, -0.15) is 0 Å². The van der Waals surface area contributed by atoms with Crippen molar-refractivity contribution < 1.29 is 4.79 Å². The molecule has 1 rings (SSSR count). The summed E-state index contributed by atoms with van der Waals surface area (Å²) in [4.78, 5) is 11.2. The molecule has 1 aliphatic rings. The van der Waals surface area contributed by atoms with Crippen molar-refractivity contribution in [1.29, 1.82) is 0 Å². The molecule has 1 fully saturated rings. The summed E-state index contributed by atoms with van der Waals surface area (Å²) in [5.74, 6) is 0.715. The molecule has 0 spiro atoms. The molecule has 0 aromatic heterocycles. The molecule has 0 radical (unpaired) electrons. The van der Waals surface area contributed by atoms with E-state index in [4.69, 9.17) is 0 Å². The third-order valence-corrected chi connectivity index (χ3v) is 2.75. The molecule has 2 N–H and O–H groups in total. The zero-order chi connectivity index (χ0) is 9.68. The molecule has 1 unspecified atom stereocenters. The third-order valence-electron chi connectivity index (χ3n) is 2.75. The Labute approximate surface area is 80.3 Å². The lowest BCUT2D eigenvalue weighted by molar-refractivity contribution is 0.213. The molecule has 0 saturated heterocycles. The van der Waals surface area contributed by atoms with Crippen LogP contribution in [0.5, 0.6) is 0 Å². The smallest absolute Gasteiger partial charge is 0.315 e. The summed E-state index contributed by atoms with van der Waals surface area (Å²) >= 11 is 0. The third kappa shape index (κ3) is 3.25. The maximum Gasteiger partial charge on any atom is 0.315 e. The Hall–Kier alpha value is -0.730. The normalized spacial score (nSPS) is 18.9. The highest BCUT2D eigenvalue weighted by molar-refractivity contribution is 5.74. The average Bonchev–Trinajstić information content (AvgIpc) is 1.97. The average molecular weight is 184 g/mol. The Morgan fingerprint density at radius 2 is 2.23 bits per heavy atom. The first-order valence-electron chi connectivity index (χ1n) is 5.28. The van der Waals surface area contributed by atoms with E-state index in [1.54, 1.807) is 0 Å². The van der Waals surface area contributed by atoms with Gasteiger partial charge in [-0.05, 0) is 32.1 Å². The number of carbonyl (C=O) groups excluding carboxylic acids is 1. The second kappa shape index (κ2) is 5.10. The molecular formula is C10H20N2O. The lowest BCUT2D eigenvalue weighted by Crippen LogP contribution is -2.45. The van der Waals surface area contributed by atoms with Crippen LogP contribution >= 0.6 is 0 Å². The van der Waals surface area contributed by atoms with Crippen LogP contribution in [0.15, 0.2) is 0 Å². The van der Waals surface area contributed by atoms with Gasteiger partial charge in [-0.3, -0.25) is 0 Å². The van der Waals surface area contributed by atoms with Crippen molar-refractivity contribution in [3.05, 3.63) is 0 Å². The topological polar surface area (TPSA) is 41.1 Å². The van der Waals surface area contributed by atoms with Gasteiger partial charge in [0.2, 0.25) is 0 Å². The first kappa shape index (κ1) is 10.4. The van der Waals surface area contributed by atoms with Crippen LogP contribution in [0.1, 0.15) is 39.5 Å². The summed E-state index contributed by atoms with van der Waals surface area (Å²) in [6, 6.07) is 0.326. The standard InChI is InChI=1S/C10H20N2O/c1-3-7-11-10(13)12-8(2)9-5-4-6-9/h8-9H,3-7H2,1-2H3,(H2,11,12,13). The van der Waals surface area contributed by atoms with Gasteiger partial charge in [0.15, 0.2) is 0 Å². The van der Waals surface area contributed by atoms with E-state index in [2.05, 4.69) is 24.5 Å². The highest BCUT2D eigenvalue weighted by atomic mass is 16.2. The van der Waals surface area contributed by atoms with E-state index in [0.29, 0.717) is 12.0 Å². The summed E-state index contributed by atoms with van der Waals surface area (Å²) in [7, 11) is 0. The minimum atomic E-state index is -0.0127. The number of hydrogen-bond donors (Lipinski definition) is 2. The number of carbonyl (C=O) groups is 1. The molecule has 0 aromatic carbocycles. The van der Waals surface area contributed by atoms with Crippen LogP contribution in [0.25, 0.3) is 0 Å². The van der Waals surface area contributed by atoms with Crippen molar-refractivity contribution in [2.24, 2.45) is 5.92 Å². The Bertz CT molecular complexity index is 166. The van der Waals surface area contributed by atoms with Crippen molar-refractivity contribution in [3.63, 3.8) is 0 Å². The van der Waals surface area contributed by atoms with Gasteiger partial charge >= 0.3 is 6.03 Å². The Balaban J connectivity index is 2.11. The summed E-state index contributed by atoms with van der Waals surface area (Å²) in [5.41, 5.74) is 0. The van der Waals surface area contributed by atoms with Crippen LogP contribution in [0, 0.1) is 5.92 Å². The molecule has 0 aliphatic heterocycles. The van der Waals surface area contributed by atoms with Gasteiger partial charge in [-0.25, -0.2) is 4.79 Å². The van der Waals surface area contributed by atoms with Crippen molar-refractivity contribution in [2.75, 3.05) is 6.54 Å². The minimum absolute atomic E-state index is 0.0127. The minimum Gasteiger partial charge on any atom is -0.338 e. The largest absolute Gasteiger partial charge is 0.338 e. The molecular weight excluding hydrogens is 164 g/mol. The number of rotatable bonds is 4. The van der Waals surface area contributed by atoms with Crippen LogP contribution in [0.3, 0.4) is 0 Å². The highest BCUT2D eigenvalue weighted by Gasteiger charge is 2.24. The zero-order valence-corrected chi connectivity index (χ0v) is 8.60. The predicted molar refractivity (Wildman–Crippen MR) is 53.6 cm³/mol. The van der Waals surface area contributed by atoms with Crippen molar-refractivity contribution >= 4 is 6.03 Å². The van der Waals surface area contributed by atoms with Crippen molar-refractivity contribution in [2.45, 2.75) is 45.6 Å². The van der Waals surface area contributed by atoms with E-state index < -0.39 is 0 Å². The summed E-state index contributed by atoms with van der Waals surface area (Å²) in [5, 5.41) is 5.78. The van der Waals surface area contributed by atoms with E-state index in [1.165, 1.54) is 19.3 Å². The monoisotopic (exact) mass is 184 g/mol.